The van der Waals surface area contributed by atoms with Crippen molar-refractivity contribution in [1.29, 1.82) is 0 Å². The number of nitrogens with two attached hydrogens (primary N) is 1. The maximum absolute atomic E-state index is 11.4. The van der Waals surface area contributed by atoms with Gasteiger partial charge in [0.05, 0.1) is 15.7 Å². The van der Waals surface area contributed by atoms with Gasteiger partial charge in [-0.2, -0.15) is 0 Å². The Labute approximate surface area is 109 Å². The number of amides is 1. The molecule has 0 saturated carbocycles. The quantitative estimate of drug-likeness (QED) is 0.828. The highest BCUT2D eigenvalue weighted by Gasteiger charge is 2.14. The van der Waals surface area contributed by atoms with Gasteiger partial charge in [-0.1, -0.05) is 23.2 Å². The van der Waals surface area contributed by atoms with Crippen molar-refractivity contribution in [3.63, 3.8) is 0 Å². The first-order chi connectivity index (χ1) is 7.69. The molecule has 0 aromatic heterocycles. The van der Waals surface area contributed by atoms with Gasteiger partial charge in [-0.25, -0.2) is 8.42 Å². The molecule has 1 aromatic carbocycles. The van der Waals surface area contributed by atoms with Gasteiger partial charge in [-0.3, -0.25) is 4.79 Å². The van der Waals surface area contributed by atoms with Gasteiger partial charge in [-0.05, 0) is 12.1 Å². The minimum Gasteiger partial charge on any atom is -0.399 e. The summed E-state index contributed by atoms with van der Waals surface area (Å²) < 4.78 is 21.8. The van der Waals surface area contributed by atoms with E-state index in [0.717, 1.165) is 6.26 Å². The number of anilines is 2. The summed E-state index contributed by atoms with van der Waals surface area (Å²) in [4.78, 5) is 11.4. The van der Waals surface area contributed by atoms with Crippen LogP contribution in [0.5, 0.6) is 0 Å². The van der Waals surface area contributed by atoms with Crippen LogP contribution < -0.4 is 11.1 Å². The lowest BCUT2D eigenvalue weighted by Gasteiger charge is -2.09. The molecule has 3 N–H and O–H groups in total. The van der Waals surface area contributed by atoms with Gasteiger partial charge in [0.25, 0.3) is 0 Å². The second-order valence-corrected chi connectivity index (χ2v) is 6.43. The van der Waals surface area contributed by atoms with Crippen LogP contribution in [0, 0.1) is 0 Å². The van der Waals surface area contributed by atoms with Crippen molar-refractivity contribution in [3.8, 4) is 0 Å². The average molecular weight is 297 g/mol. The van der Waals surface area contributed by atoms with Gasteiger partial charge in [0, 0.05) is 11.9 Å². The summed E-state index contributed by atoms with van der Waals surface area (Å²) in [7, 11) is -3.40. The van der Waals surface area contributed by atoms with Gasteiger partial charge >= 0.3 is 0 Å². The first-order valence-electron chi connectivity index (χ1n) is 4.41. The van der Waals surface area contributed by atoms with Crippen LogP contribution in [0.3, 0.4) is 0 Å². The fraction of sp³-hybridized carbons (Fsp3) is 0.222. The van der Waals surface area contributed by atoms with Crippen LogP contribution >= 0.6 is 23.2 Å². The highest BCUT2D eigenvalue weighted by molar-refractivity contribution is 7.91. The molecule has 0 saturated heterocycles. The summed E-state index contributed by atoms with van der Waals surface area (Å²) in [6, 6.07) is 2.81. The molecule has 0 heterocycles. The number of rotatable bonds is 3. The maximum Gasteiger partial charge on any atom is 0.239 e. The Morgan fingerprint density at radius 3 is 2.24 bits per heavy atom. The van der Waals surface area contributed by atoms with Crippen molar-refractivity contribution in [2.24, 2.45) is 0 Å². The number of carbonyl (C=O) groups excluding carboxylic acids is 1. The van der Waals surface area contributed by atoms with Crippen molar-refractivity contribution >= 4 is 50.3 Å². The summed E-state index contributed by atoms with van der Waals surface area (Å²) in [5, 5.41) is 2.62. The van der Waals surface area contributed by atoms with Crippen LogP contribution in [0.1, 0.15) is 0 Å². The minimum atomic E-state index is -3.40. The highest BCUT2D eigenvalue weighted by Crippen LogP contribution is 2.32. The minimum absolute atomic E-state index is 0.149. The van der Waals surface area contributed by atoms with E-state index in [2.05, 4.69) is 5.32 Å². The lowest BCUT2D eigenvalue weighted by atomic mass is 10.3. The second-order valence-electron chi connectivity index (χ2n) is 3.48. The van der Waals surface area contributed by atoms with E-state index in [-0.39, 0.29) is 15.7 Å². The van der Waals surface area contributed by atoms with E-state index in [4.69, 9.17) is 28.9 Å². The predicted octanol–water partition coefficient (Wildman–Crippen LogP) is 1.56. The van der Waals surface area contributed by atoms with Crippen molar-refractivity contribution in [2.75, 3.05) is 23.1 Å². The lowest BCUT2D eigenvalue weighted by Crippen LogP contribution is -2.22. The molecule has 8 heteroatoms. The molecule has 0 aliphatic heterocycles. The van der Waals surface area contributed by atoms with Crippen LogP contribution in [0.25, 0.3) is 0 Å². The molecule has 0 aliphatic rings. The largest absolute Gasteiger partial charge is 0.399 e. The fourth-order valence-corrected chi connectivity index (χ4v) is 2.27. The number of hydrogen-bond acceptors (Lipinski definition) is 4. The first-order valence-corrected chi connectivity index (χ1v) is 7.23. The Kier molecular flexibility index (Phi) is 4.24. The summed E-state index contributed by atoms with van der Waals surface area (Å²) in [5.74, 6) is -1.34. The van der Waals surface area contributed by atoms with Crippen molar-refractivity contribution < 1.29 is 13.2 Å². The van der Waals surface area contributed by atoms with E-state index >= 15 is 0 Å². The van der Waals surface area contributed by atoms with E-state index in [9.17, 15) is 13.2 Å². The Hall–Kier alpha value is -0.980. The highest BCUT2D eigenvalue weighted by atomic mass is 35.5. The first kappa shape index (κ1) is 14.1. The molecule has 0 unspecified atom stereocenters. The van der Waals surface area contributed by atoms with E-state index in [0.29, 0.717) is 5.69 Å². The van der Waals surface area contributed by atoms with Gasteiger partial charge in [0.15, 0.2) is 9.84 Å². The summed E-state index contributed by atoms with van der Waals surface area (Å²) in [6.07, 6.45) is 0.957. The molecule has 0 radical (unpaired) electrons. The topological polar surface area (TPSA) is 89.3 Å². The molecular formula is C9H10Cl2N2O3S. The van der Waals surface area contributed by atoms with Gasteiger partial charge < -0.3 is 11.1 Å². The monoisotopic (exact) mass is 296 g/mol. The molecule has 0 fully saturated rings. The summed E-state index contributed by atoms with van der Waals surface area (Å²) in [6.45, 7) is 0. The van der Waals surface area contributed by atoms with Crippen LogP contribution in [0.15, 0.2) is 12.1 Å². The number of nitrogens with one attached hydrogen (secondary N) is 1. The molecule has 1 aromatic rings. The number of benzene rings is 1. The summed E-state index contributed by atoms with van der Waals surface area (Å²) >= 11 is 11.6. The zero-order valence-corrected chi connectivity index (χ0v) is 11.2. The number of carbonyl (C=O) groups is 1. The van der Waals surface area contributed by atoms with Crippen molar-refractivity contribution in [3.05, 3.63) is 22.2 Å². The average Bonchev–Trinajstić information content (AvgIpc) is 2.08. The summed E-state index contributed by atoms with van der Waals surface area (Å²) in [5.41, 5.74) is 5.98. The normalized spacial score (nSPS) is 11.2. The molecule has 17 heavy (non-hydrogen) atoms. The number of sulfone groups is 1. The van der Waals surface area contributed by atoms with Gasteiger partial charge in [0.2, 0.25) is 5.91 Å². The molecule has 5 nitrogen and oxygen atoms in total. The molecule has 0 atom stereocenters. The Morgan fingerprint density at radius 1 is 1.35 bits per heavy atom. The van der Waals surface area contributed by atoms with Crippen LogP contribution in [0.2, 0.25) is 10.0 Å². The van der Waals surface area contributed by atoms with E-state index < -0.39 is 21.5 Å². The third-order valence-corrected chi connectivity index (χ3v) is 3.10. The van der Waals surface area contributed by atoms with Gasteiger partial charge in [-0.15, -0.1) is 0 Å². The number of hydrogen-bond donors (Lipinski definition) is 2. The van der Waals surface area contributed by atoms with Crippen molar-refractivity contribution in [2.45, 2.75) is 0 Å². The van der Waals surface area contributed by atoms with E-state index in [1.807, 2.05) is 0 Å². The fourth-order valence-electron chi connectivity index (χ4n) is 1.13. The zero-order chi connectivity index (χ0) is 13.2. The molecule has 1 rings (SSSR count). The Bertz CT molecular complexity index is 534. The van der Waals surface area contributed by atoms with Crippen LogP contribution in [0.4, 0.5) is 11.4 Å². The molecule has 0 bridgehead atoms. The number of halogens is 2. The van der Waals surface area contributed by atoms with Crippen molar-refractivity contribution in [1.82, 2.24) is 0 Å². The molecule has 0 aliphatic carbocycles. The second kappa shape index (κ2) is 5.12. The Balaban J connectivity index is 2.93. The van der Waals surface area contributed by atoms with E-state index in [1.54, 1.807) is 0 Å². The number of nitrogen functional groups attached to an aromatic ring is 1. The Morgan fingerprint density at radius 2 is 1.82 bits per heavy atom. The third-order valence-electron chi connectivity index (χ3n) is 1.72. The molecular weight excluding hydrogens is 287 g/mol. The molecule has 1 amide bonds. The molecule has 94 valence electrons. The van der Waals surface area contributed by atoms with E-state index in [1.165, 1.54) is 12.1 Å². The van der Waals surface area contributed by atoms with Crippen LogP contribution in [-0.4, -0.2) is 26.3 Å². The zero-order valence-electron chi connectivity index (χ0n) is 8.83. The van der Waals surface area contributed by atoms with Crippen LogP contribution in [-0.2, 0) is 14.6 Å². The standard InChI is InChI=1S/C9H10Cl2N2O3S/c1-17(15,16)4-8(14)13-9-6(10)2-5(12)3-7(9)11/h2-3H,4,12H2,1H3,(H,13,14). The molecule has 0 spiro atoms. The smallest absolute Gasteiger partial charge is 0.239 e. The lowest BCUT2D eigenvalue weighted by molar-refractivity contribution is -0.113. The SMILES string of the molecule is CS(=O)(=O)CC(=O)Nc1c(Cl)cc(N)cc1Cl. The third kappa shape index (κ3) is 4.41. The van der Waals surface area contributed by atoms with Gasteiger partial charge in [0.1, 0.15) is 5.75 Å². The maximum atomic E-state index is 11.4. The predicted molar refractivity (Wildman–Crippen MR) is 69.2 cm³/mol.